The summed E-state index contributed by atoms with van der Waals surface area (Å²) in [5.74, 6) is 0. The molecule has 130 valence electrons. The molecule has 0 heterocycles. The van der Waals surface area contributed by atoms with Gasteiger partial charge in [-0.3, -0.25) is 0 Å². The number of azide groups is 1. The zero-order valence-corrected chi connectivity index (χ0v) is 14.5. The third-order valence-corrected chi connectivity index (χ3v) is 4.23. The number of nitrogens with zero attached hydrogens (tertiary/aromatic N) is 3. The van der Waals surface area contributed by atoms with E-state index in [1.807, 2.05) is 0 Å². The van der Waals surface area contributed by atoms with Gasteiger partial charge in [0.05, 0.1) is 0 Å². The second-order valence-corrected chi connectivity index (χ2v) is 6.33. The molecule has 0 aliphatic carbocycles. The zero-order valence-electron chi connectivity index (χ0n) is 14.5. The number of aliphatic hydroxyl groups is 1. The second kappa shape index (κ2) is 20.3. The summed E-state index contributed by atoms with van der Waals surface area (Å²) >= 11 is 0. The fraction of sp³-hybridized carbons (Fsp3) is 1.00. The van der Waals surface area contributed by atoms with Crippen LogP contribution in [0.4, 0.5) is 0 Å². The van der Waals surface area contributed by atoms with E-state index in [1.165, 1.54) is 89.9 Å². The van der Waals surface area contributed by atoms with Crippen molar-refractivity contribution in [3.63, 3.8) is 0 Å². The van der Waals surface area contributed by atoms with Crippen molar-refractivity contribution in [1.29, 1.82) is 0 Å². The van der Waals surface area contributed by atoms with Crippen molar-refractivity contribution >= 4 is 0 Å². The Labute approximate surface area is 137 Å². The molecule has 0 fully saturated rings. The van der Waals surface area contributed by atoms with Crippen molar-refractivity contribution < 1.29 is 5.11 Å². The highest BCUT2D eigenvalue weighted by Gasteiger charge is 1.94. The van der Waals surface area contributed by atoms with Crippen LogP contribution in [0.2, 0.25) is 0 Å². The maximum atomic E-state index is 8.69. The zero-order chi connectivity index (χ0) is 16.1. The van der Waals surface area contributed by atoms with Crippen molar-refractivity contribution in [2.45, 2.75) is 103 Å². The predicted molar refractivity (Wildman–Crippen MR) is 95.0 cm³/mol. The Bertz CT molecular complexity index is 253. The summed E-state index contributed by atoms with van der Waals surface area (Å²) in [6, 6.07) is 0. The van der Waals surface area contributed by atoms with Crippen LogP contribution in [-0.2, 0) is 0 Å². The Morgan fingerprint density at radius 3 is 1.18 bits per heavy atom. The Kier molecular flexibility index (Phi) is 19.6. The summed E-state index contributed by atoms with van der Waals surface area (Å²) in [5.41, 5.74) is 8.15. The highest BCUT2D eigenvalue weighted by atomic mass is 16.2. The highest BCUT2D eigenvalue weighted by molar-refractivity contribution is 4.51. The van der Waals surface area contributed by atoms with Crippen LogP contribution >= 0.6 is 0 Å². The van der Waals surface area contributed by atoms with Gasteiger partial charge in [0.15, 0.2) is 0 Å². The van der Waals surface area contributed by atoms with Crippen LogP contribution in [0.15, 0.2) is 5.11 Å². The summed E-state index contributed by atoms with van der Waals surface area (Å²) in [5, 5.41) is 12.2. The summed E-state index contributed by atoms with van der Waals surface area (Å²) < 4.78 is 0. The van der Waals surface area contributed by atoms with E-state index in [4.69, 9.17) is 10.6 Å². The molecule has 0 bridgehead atoms. The largest absolute Gasteiger partial charge is 0.396 e. The lowest BCUT2D eigenvalue weighted by Crippen LogP contribution is -1.85. The number of hydrogen-bond acceptors (Lipinski definition) is 2. The van der Waals surface area contributed by atoms with Gasteiger partial charge in [-0.05, 0) is 18.4 Å². The number of rotatable bonds is 18. The predicted octanol–water partition coefficient (Wildman–Crippen LogP) is 6.53. The van der Waals surface area contributed by atoms with Gasteiger partial charge in [0.1, 0.15) is 0 Å². The van der Waals surface area contributed by atoms with E-state index < -0.39 is 0 Å². The molecule has 0 saturated carbocycles. The van der Waals surface area contributed by atoms with E-state index in [1.54, 1.807) is 0 Å². The first-order valence-electron chi connectivity index (χ1n) is 9.53. The molecule has 0 aromatic heterocycles. The molecule has 0 rings (SSSR count). The molecule has 1 N–H and O–H groups in total. The molecule has 0 saturated heterocycles. The van der Waals surface area contributed by atoms with Crippen LogP contribution in [0.25, 0.3) is 10.4 Å². The molecule has 22 heavy (non-hydrogen) atoms. The van der Waals surface area contributed by atoms with Crippen molar-refractivity contribution in [1.82, 2.24) is 0 Å². The van der Waals surface area contributed by atoms with Crippen LogP contribution in [0.1, 0.15) is 103 Å². The Morgan fingerprint density at radius 2 is 0.864 bits per heavy atom. The third kappa shape index (κ3) is 19.3. The van der Waals surface area contributed by atoms with Crippen molar-refractivity contribution in [3.05, 3.63) is 10.4 Å². The van der Waals surface area contributed by atoms with E-state index in [0.717, 1.165) is 12.8 Å². The molecule has 0 spiro atoms. The van der Waals surface area contributed by atoms with E-state index in [9.17, 15) is 0 Å². The van der Waals surface area contributed by atoms with Gasteiger partial charge in [0.25, 0.3) is 0 Å². The summed E-state index contributed by atoms with van der Waals surface area (Å²) in [4.78, 5) is 2.76. The first-order chi connectivity index (χ1) is 10.9. The third-order valence-electron chi connectivity index (χ3n) is 4.23. The van der Waals surface area contributed by atoms with Gasteiger partial charge >= 0.3 is 0 Å². The van der Waals surface area contributed by atoms with Crippen molar-refractivity contribution in [2.24, 2.45) is 5.11 Å². The van der Waals surface area contributed by atoms with E-state index in [0.29, 0.717) is 13.2 Å². The molecule has 0 aliphatic rings. The minimum absolute atomic E-state index is 0.357. The van der Waals surface area contributed by atoms with Crippen LogP contribution < -0.4 is 0 Å². The minimum atomic E-state index is 0.357. The summed E-state index contributed by atoms with van der Waals surface area (Å²) in [7, 11) is 0. The van der Waals surface area contributed by atoms with E-state index in [2.05, 4.69) is 10.0 Å². The minimum Gasteiger partial charge on any atom is -0.396 e. The van der Waals surface area contributed by atoms with Gasteiger partial charge in [-0.1, -0.05) is 95.0 Å². The average molecular weight is 312 g/mol. The van der Waals surface area contributed by atoms with Gasteiger partial charge in [-0.2, -0.15) is 0 Å². The molecule has 0 amide bonds. The normalized spacial score (nSPS) is 10.6. The lowest BCUT2D eigenvalue weighted by atomic mass is 10.0. The number of aliphatic hydroxyl groups excluding tert-OH is 1. The molecule has 0 aromatic carbocycles. The first-order valence-corrected chi connectivity index (χ1v) is 9.53. The van der Waals surface area contributed by atoms with Gasteiger partial charge in [-0.25, -0.2) is 0 Å². The monoisotopic (exact) mass is 311 g/mol. The first kappa shape index (κ1) is 21.3. The van der Waals surface area contributed by atoms with E-state index >= 15 is 0 Å². The summed E-state index contributed by atoms with van der Waals surface area (Å²) in [6.45, 7) is 1.02. The second-order valence-electron chi connectivity index (χ2n) is 6.33. The lowest BCUT2D eigenvalue weighted by Gasteiger charge is -2.03. The molecule has 0 radical (unpaired) electrons. The molecule has 0 atom stereocenters. The maximum Gasteiger partial charge on any atom is 0.0431 e. The SMILES string of the molecule is [N-]=[N+]=NCCCCCCCCCCCCCCCCCCO. The van der Waals surface area contributed by atoms with Crippen LogP contribution in [0, 0.1) is 0 Å². The molecule has 4 heteroatoms. The number of unbranched alkanes of at least 4 members (excludes halogenated alkanes) is 15. The topological polar surface area (TPSA) is 69.0 Å². The fourth-order valence-electron chi connectivity index (χ4n) is 2.81. The van der Waals surface area contributed by atoms with Crippen LogP contribution in [0.5, 0.6) is 0 Å². The van der Waals surface area contributed by atoms with Gasteiger partial charge in [-0.15, -0.1) is 0 Å². The van der Waals surface area contributed by atoms with Crippen molar-refractivity contribution in [3.8, 4) is 0 Å². The smallest absolute Gasteiger partial charge is 0.0431 e. The quantitative estimate of drug-likeness (QED) is 0.133. The standard InChI is InChI=1S/C18H37N3O/c19-21-20-17-15-13-11-9-7-5-3-1-2-4-6-8-10-12-14-16-18-22/h22H,1-18H2. The van der Waals surface area contributed by atoms with Gasteiger partial charge in [0, 0.05) is 18.1 Å². The number of hydrogen-bond donors (Lipinski definition) is 1. The van der Waals surface area contributed by atoms with Crippen molar-refractivity contribution in [2.75, 3.05) is 13.2 Å². The molecular weight excluding hydrogens is 274 g/mol. The van der Waals surface area contributed by atoms with Gasteiger partial charge < -0.3 is 5.11 Å². The Morgan fingerprint density at radius 1 is 0.545 bits per heavy atom. The highest BCUT2D eigenvalue weighted by Crippen LogP contribution is 2.13. The maximum absolute atomic E-state index is 8.69. The molecule has 0 aromatic rings. The molecular formula is C18H37N3O. The lowest BCUT2D eigenvalue weighted by molar-refractivity contribution is 0.282. The van der Waals surface area contributed by atoms with Crippen LogP contribution in [0.3, 0.4) is 0 Å². The fourth-order valence-corrected chi connectivity index (χ4v) is 2.81. The van der Waals surface area contributed by atoms with Crippen LogP contribution in [-0.4, -0.2) is 18.3 Å². The molecule has 0 aliphatic heterocycles. The Balaban J connectivity index is 2.95. The van der Waals surface area contributed by atoms with E-state index in [-0.39, 0.29) is 0 Å². The Hall–Kier alpha value is -0.730. The van der Waals surface area contributed by atoms with Gasteiger partial charge in [0.2, 0.25) is 0 Å². The molecule has 0 unspecified atom stereocenters. The molecule has 4 nitrogen and oxygen atoms in total. The average Bonchev–Trinajstić information content (AvgIpc) is 2.54. The summed E-state index contributed by atoms with van der Waals surface area (Å²) in [6.07, 6.45) is 20.8.